The average Bonchev–Trinajstić information content (AvgIpc) is 3.00. The maximum Gasteiger partial charge on any atom is 0.325 e. The van der Waals surface area contributed by atoms with Crippen molar-refractivity contribution in [3.05, 3.63) is 34.6 Å². The highest BCUT2D eigenvalue weighted by Crippen LogP contribution is 2.38. The lowest BCUT2D eigenvalue weighted by atomic mass is 9.73. The van der Waals surface area contributed by atoms with Crippen LogP contribution in [-0.2, 0) is 9.59 Å². The molecule has 1 aromatic rings. The van der Waals surface area contributed by atoms with Crippen molar-refractivity contribution in [1.29, 1.82) is 0 Å². The zero-order chi connectivity index (χ0) is 23.0. The Hall–Kier alpha value is -2.68. The number of amides is 5. The number of hydrogen-bond acceptors (Lipinski definition) is 4. The van der Waals surface area contributed by atoms with E-state index in [4.69, 9.17) is 11.6 Å². The summed E-state index contributed by atoms with van der Waals surface area (Å²) in [7, 11) is 0. The van der Waals surface area contributed by atoms with Crippen LogP contribution in [0.25, 0.3) is 0 Å². The molecule has 2 saturated heterocycles. The van der Waals surface area contributed by atoms with Gasteiger partial charge in [0.1, 0.15) is 17.9 Å². The van der Waals surface area contributed by atoms with Gasteiger partial charge in [-0.2, -0.15) is 0 Å². The van der Waals surface area contributed by atoms with Crippen LogP contribution in [0.2, 0.25) is 5.02 Å². The Labute approximate surface area is 190 Å². The van der Waals surface area contributed by atoms with E-state index in [-0.39, 0.29) is 66.9 Å². The Balaban J connectivity index is 1.35. The maximum atomic E-state index is 13.2. The monoisotopic (exact) mass is 464 g/mol. The van der Waals surface area contributed by atoms with Crippen LogP contribution in [-0.4, -0.2) is 76.7 Å². The molecule has 32 heavy (non-hydrogen) atoms. The number of imide groups is 1. The van der Waals surface area contributed by atoms with Gasteiger partial charge in [-0.3, -0.25) is 19.3 Å². The van der Waals surface area contributed by atoms with Crippen molar-refractivity contribution in [2.45, 2.75) is 38.1 Å². The lowest BCUT2D eigenvalue weighted by Crippen LogP contribution is -2.55. The summed E-state index contributed by atoms with van der Waals surface area (Å²) in [6, 6.07) is 3.10. The molecule has 5 amide bonds. The first kappa shape index (κ1) is 22.5. The van der Waals surface area contributed by atoms with Crippen LogP contribution in [0.4, 0.5) is 9.18 Å². The molecule has 4 rings (SSSR count). The second kappa shape index (κ2) is 8.69. The van der Waals surface area contributed by atoms with Gasteiger partial charge in [0, 0.05) is 26.2 Å². The van der Waals surface area contributed by atoms with Gasteiger partial charge in [0.05, 0.1) is 10.6 Å². The van der Waals surface area contributed by atoms with Gasteiger partial charge in [-0.05, 0) is 37.0 Å². The number of carbonyl (C=O) groups excluding carboxylic acids is 4. The van der Waals surface area contributed by atoms with Gasteiger partial charge >= 0.3 is 6.03 Å². The molecule has 10 heteroatoms. The highest BCUT2D eigenvalue weighted by atomic mass is 35.5. The van der Waals surface area contributed by atoms with Crippen LogP contribution in [0.5, 0.6) is 0 Å². The molecule has 1 aliphatic carbocycles. The van der Waals surface area contributed by atoms with Crippen LogP contribution in [0, 0.1) is 11.7 Å². The smallest absolute Gasteiger partial charge is 0.325 e. The van der Waals surface area contributed by atoms with Gasteiger partial charge in [-0.15, -0.1) is 0 Å². The van der Waals surface area contributed by atoms with Crippen molar-refractivity contribution in [1.82, 2.24) is 20.0 Å². The quantitative estimate of drug-likeness (QED) is 0.695. The van der Waals surface area contributed by atoms with E-state index in [9.17, 15) is 23.6 Å². The second-order valence-corrected chi connectivity index (χ2v) is 9.14. The molecular weight excluding hydrogens is 439 g/mol. The second-order valence-electron chi connectivity index (χ2n) is 8.74. The summed E-state index contributed by atoms with van der Waals surface area (Å²) in [5.74, 6) is -1.47. The minimum absolute atomic E-state index is 0.0284. The summed E-state index contributed by atoms with van der Waals surface area (Å²) in [6.45, 7) is 2.76. The molecule has 1 spiro atoms. The molecule has 2 unspecified atom stereocenters. The third-order valence-electron chi connectivity index (χ3n) is 6.88. The standard InChI is InChI=1S/C22H26ClFN4O4/c1-14-4-2-3-7-22(14)20(31)28(21(32)25-22)13-18(29)26-8-10-27(11-9-26)19(30)16-6-5-15(24)12-17(16)23/h5-6,12,14H,2-4,7-11,13H2,1H3,(H,25,32). The number of benzene rings is 1. The first-order valence-electron chi connectivity index (χ1n) is 10.9. The number of urea groups is 1. The van der Waals surface area contributed by atoms with Crippen molar-refractivity contribution in [2.24, 2.45) is 5.92 Å². The van der Waals surface area contributed by atoms with Gasteiger partial charge in [0.15, 0.2) is 0 Å². The van der Waals surface area contributed by atoms with Crippen LogP contribution in [0.3, 0.4) is 0 Å². The van der Waals surface area contributed by atoms with Crippen LogP contribution < -0.4 is 5.32 Å². The summed E-state index contributed by atoms with van der Waals surface area (Å²) in [6.07, 6.45) is 3.35. The summed E-state index contributed by atoms with van der Waals surface area (Å²) in [5, 5.41) is 2.89. The Morgan fingerprint density at radius 1 is 1.16 bits per heavy atom. The van der Waals surface area contributed by atoms with E-state index in [1.54, 1.807) is 9.80 Å². The van der Waals surface area contributed by atoms with E-state index in [0.29, 0.717) is 6.42 Å². The molecule has 8 nitrogen and oxygen atoms in total. The molecule has 3 fully saturated rings. The predicted octanol–water partition coefficient (Wildman–Crippen LogP) is 2.26. The van der Waals surface area contributed by atoms with Crippen LogP contribution >= 0.6 is 11.6 Å². The Morgan fingerprint density at radius 2 is 1.84 bits per heavy atom. The van der Waals surface area contributed by atoms with E-state index >= 15 is 0 Å². The SMILES string of the molecule is CC1CCCCC12NC(=O)N(CC(=O)N1CCN(C(=O)c3ccc(F)cc3Cl)CC1)C2=O. The minimum Gasteiger partial charge on any atom is -0.338 e. The number of hydrogen-bond donors (Lipinski definition) is 1. The molecule has 0 radical (unpaired) electrons. The Morgan fingerprint density at radius 3 is 2.50 bits per heavy atom. The van der Waals surface area contributed by atoms with Crippen LogP contribution in [0.1, 0.15) is 43.0 Å². The topological polar surface area (TPSA) is 90.0 Å². The number of nitrogens with zero attached hydrogens (tertiary/aromatic N) is 3. The van der Waals surface area contributed by atoms with E-state index in [1.807, 2.05) is 6.92 Å². The molecule has 2 atom stereocenters. The zero-order valence-corrected chi connectivity index (χ0v) is 18.7. The molecule has 3 aliphatic rings. The summed E-state index contributed by atoms with van der Waals surface area (Å²) >= 11 is 5.99. The van der Waals surface area contributed by atoms with Gasteiger partial charge in [0.2, 0.25) is 5.91 Å². The molecule has 1 N–H and O–H groups in total. The van der Waals surface area contributed by atoms with Gasteiger partial charge in [0.25, 0.3) is 11.8 Å². The van der Waals surface area contributed by atoms with Gasteiger partial charge in [-0.1, -0.05) is 31.4 Å². The number of halogens is 2. The lowest BCUT2D eigenvalue weighted by molar-refractivity contribution is -0.141. The van der Waals surface area contributed by atoms with E-state index in [0.717, 1.165) is 30.2 Å². The van der Waals surface area contributed by atoms with Crippen molar-refractivity contribution in [2.75, 3.05) is 32.7 Å². The molecule has 0 bridgehead atoms. The summed E-state index contributed by atoms with van der Waals surface area (Å²) < 4.78 is 13.2. The molecule has 172 valence electrons. The molecular formula is C22H26ClFN4O4. The zero-order valence-electron chi connectivity index (χ0n) is 17.9. The average molecular weight is 465 g/mol. The lowest BCUT2D eigenvalue weighted by Gasteiger charge is -2.37. The molecule has 1 aromatic carbocycles. The first-order valence-corrected chi connectivity index (χ1v) is 11.3. The van der Waals surface area contributed by atoms with Crippen molar-refractivity contribution in [3.8, 4) is 0 Å². The summed E-state index contributed by atoms with van der Waals surface area (Å²) in [5.41, 5.74) is -0.686. The maximum absolute atomic E-state index is 13.2. The fourth-order valence-corrected chi connectivity index (χ4v) is 5.11. The van der Waals surface area contributed by atoms with Gasteiger partial charge < -0.3 is 15.1 Å². The Bertz CT molecular complexity index is 965. The first-order chi connectivity index (χ1) is 15.2. The number of carbonyl (C=O) groups is 4. The highest BCUT2D eigenvalue weighted by Gasteiger charge is 2.55. The van der Waals surface area contributed by atoms with E-state index in [1.165, 1.54) is 12.1 Å². The predicted molar refractivity (Wildman–Crippen MR) is 115 cm³/mol. The molecule has 2 heterocycles. The third kappa shape index (κ3) is 3.94. The number of nitrogens with one attached hydrogen (secondary N) is 1. The van der Waals surface area contributed by atoms with Crippen molar-refractivity contribution in [3.63, 3.8) is 0 Å². The fourth-order valence-electron chi connectivity index (χ4n) is 4.87. The van der Waals surface area contributed by atoms with Crippen molar-refractivity contribution >= 4 is 35.4 Å². The van der Waals surface area contributed by atoms with E-state index in [2.05, 4.69) is 5.32 Å². The number of piperazine rings is 1. The van der Waals surface area contributed by atoms with Crippen LogP contribution in [0.15, 0.2) is 18.2 Å². The van der Waals surface area contributed by atoms with Crippen molar-refractivity contribution < 1.29 is 23.6 Å². The highest BCUT2D eigenvalue weighted by molar-refractivity contribution is 6.33. The van der Waals surface area contributed by atoms with E-state index < -0.39 is 17.4 Å². The molecule has 0 aromatic heterocycles. The normalized spacial score (nSPS) is 26.0. The largest absolute Gasteiger partial charge is 0.338 e. The molecule has 2 aliphatic heterocycles. The Kier molecular flexibility index (Phi) is 6.11. The fraction of sp³-hybridized carbons (Fsp3) is 0.545. The third-order valence-corrected chi connectivity index (χ3v) is 7.19. The number of rotatable bonds is 3. The molecule has 1 saturated carbocycles. The minimum atomic E-state index is -0.894. The summed E-state index contributed by atoms with van der Waals surface area (Å²) in [4.78, 5) is 55.2. The van der Waals surface area contributed by atoms with Gasteiger partial charge in [-0.25, -0.2) is 9.18 Å².